The molecule has 1 rings (SSSR count). The minimum absolute atomic E-state index is 0.341. The van der Waals surface area contributed by atoms with Crippen molar-refractivity contribution in [3.8, 4) is 0 Å². The van der Waals surface area contributed by atoms with Gasteiger partial charge in [0.25, 0.3) is 5.91 Å². The molecular weight excluding hydrogens is 337 g/mol. The van der Waals surface area contributed by atoms with Crippen LogP contribution in [0.2, 0.25) is 0 Å². The molecule has 0 atom stereocenters. The molecule has 0 aromatic carbocycles. The van der Waals surface area contributed by atoms with Gasteiger partial charge in [0.05, 0.1) is 9.13 Å². The molecule has 0 aliphatic heterocycles. The number of carbonyl (C=O) groups is 1. The van der Waals surface area contributed by atoms with Crippen molar-refractivity contribution in [3.63, 3.8) is 0 Å². The Bertz CT molecular complexity index is 342. The molecule has 1 heterocycles. The number of hydrogen-bond acceptors (Lipinski definition) is 3. The first-order valence-electron chi connectivity index (χ1n) is 2.93. The van der Waals surface area contributed by atoms with Crippen LogP contribution in [0.1, 0.15) is 10.4 Å². The Morgan fingerprint density at radius 1 is 1.67 bits per heavy atom. The van der Waals surface area contributed by atoms with Gasteiger partial charge in [-0.2, -0.15) is 0 Å². The smallest absolute Gasteiger partial charge is 0.251 e. The maximum absolute atomic E-state index is 10.8. The SMILES string of the molecule is NC(=O)c1cnc(N)c(I)c1Br. The summed E-state index contributed by atoms with van der Waals surface area (Å²) < 4.78 is 1.30. The van der Waals surface area contributed by atoms with Crippen LogP contribution < -0.4 is 11.5 Å². The average molecular weight is 342 g/mol. The predicted octanol–water partition coefficient (Wildman–Crippen LogP) is 1.13. The lowest BCUT2D eigenvalue weighted by atomic mass is 10.3. The second-order valence-corrected chi connectivity index (χ2v) is 3.92. The van der Waals surface area contributed by atoms with Crippen molar-refractivity contribution in [2.24, 2.45) is 5.73 Å². The fourth-order valence-electron chi connectivity index (χ4n) is 0.650. The van der Waals surface area contributed by atoms with Gasteiger partial charge >= 0.3 is 0 Å². The van der Waals surface area contributed by atoms with Gasteiger partial charge in [0.15, 0.2) is 0 Å². The van der Waals surface area contributed by atoms with Crippen LogP contribution >= 0.6 is 38.5 Å². The lowest BCUT2D eigenvalue weighted by Gasteiger charge is -2.03. The number of primary amides is 1. The van der Waals surface area contributed by atoms with E-state index in [0.29, 0.717) is 19.4 Å². The van der Waals surface area contributed by atoms with E-state index in [1.807, 2.05) is 22.6 Å². The van der Waals surface area contributed by atoms with Crippen LogP contribution in [0.5, 0.6) is 0 Å². The molecule has 0 saturated heterocycles. The van der Waals surface area contributed by atoms with Gasteiger partial charge in [-0.05, 0) is 38.5 Å². The third kappa shape index (κ3) is 1.69. The number of nitrogens with zero attached hydrogens (tertiary/aromatic N) is 1. The second-order valence-electron chi connectivity index (χ2n) is 2.05. The van der Waals surface area contributed by atoms with E-state index < -0.39 is 5.91 Å². The van der Waals surface area contributed by atoms with Gasteiger partial charge in [0, 0.05) is 10.7 Å². The molecule has 0 spiro atoms. The third-order valence-corrected chi connectivity index (χ3v) is 3.91. The summed E-state index contributed by atoms with van der Waals surface area (Å²) in [6.07, 6.45) is 1.35. The first kappa shape index (κ1) is 9.72. The fraction of sp³-hybridized carbons (Fsp3) is 0. The molecule has 1 aromatic heterocycles. The summed E-state index contributed by atoms with van der Waals surface area (Å²) in [5.74, 6) is -0.139. The van der Waals surface area contributed by atoms with Crippen molar-refractivity contribution >= 4 is 50.2 Å². The number of aromatic nitrogens is 1. The summed E-state index contributed by atoms with van der Waals surface area (Å²) >= 11 is 5.19. The van der Waals surface area contributed by atoms with Crippen molar-refractivity contribution in [2.75, 3.05) is 5.73 Å². The molecule has 4 N–H and O–H groups in total. The zero-order valence-corrected chi connectivity index (χ0v) is 9.59. The van der Waals surface area contributed by atoms with Gasteiger partial charge in [0.1, 0.15) is 5.82 Å². The zero-order chi connectivity index (χ0) is 9.30. The number of hydrogen-bond donors (Lipinski definition) is 2. The molecular formula is C6H5BrIN3O. The lowest BCUT2D eigenvalue weighted by molar-refractivity contribution is 0.0999. The maximum atomic E-state index is 10.8. The second kappa shape index (κ2) is 3.56. The molecule has 0 aliphatic rings. The molecule has 0 bridgehead atoms. The standard InChI is InChI=1S/C6H5BrIN3O/c7-3-2(6(10)12)1-11-5(9)4(3)8/h1H,(H2,9,11)(H2,10,12). The van der Waals surface area contributed by atoms with Gasteiger partial charge in [0.2, 0.25) is 0 Å². The van der Waals surface area contributed by atoms with Crippen LogP contribution in [0.25, 0.3) is 0 Å². The van der Waals surface area contributed by atoms with Gasteiger partial charge in [-0.15, -0.1) is 0 Å². The Morgan fingerprint density at radius 2 is 2.25 bits per heavy atom. The number of nitrogen functional groups attached to an aromatic ring is 1. The molecule has 0 radical (unpaired) electrons. The molecule has 1 amide bonds. The molecule has 4 nitrogen and oxygen atoms in total. The normalized spacial score (nSPS) is 9.83. The Hall–Kier alpha value is -0.370. The summed E-state index contributed by atoms with van der Waals surface area (Å²) in [4.78, 5) is 14.6. The number of pyridine rings is 1. The van der Waals surface area contributed by atoms with Crippen molar-refractivity contribution in [1.82, 2.24) is 4.98 Å². The van der Waals surface area contributed by atoms with Crippen LogP contribution in [0.15, 0.2) is 10.7 Å². The number of rotatable bonds is 1. The average Bonchev–Trinajstić information content (AvgIpc) is 2.00. The zero-order valence-electron chi connectivity index (χ0n) is 5.84. The first-order chi connectivity index (χ1) is 5.54. The van der Waals surface area contributed by atoms with E-state index in [0.717, 1.165) is 0 Å². The summed E-state index contributed by atoms with van der Waals surface area (Å²) in [6, 6.07) is 0. The van der Waals surface area contributed by atoms with E-state index in [1.165, 1.54) is 6.20 Å². The van der Waals surface area contributed by atoms with Crippen LogP contribution in [0.3, 0.4) is 0 Å². The van der Waals surface area contributed by atoms with E-state index in [1.54, 1.807) is 0 Å². The highest BCUT2D eigenvalue weighted by atomic mass is 127. The number of halogens is 2. The monoisotopic (exact) mass is 341 g/mol. The van der Waals surface area contributed by atoms with Gasteiger partial charge in [-0.1, -0.05) is 0 Å². The third-order valence-electron chi connectivity index (χ3n) is 1.25. The van der Waals surface area contributed by atoms with Crippen molar-refractivity contribution in [2.45, 2.75) is 0 Å². The molecule has 1 aromatic rings. The quantitative estimate of drug-likeness (QED) is 0.751. The maximum Gasteiger partial charge on any atom is 0.251 e. The number of nitrogens with two attached hydrogens (primary N) is 2. The number of carbonyl (C=O) groups excluding carboxylic acids is 1. The number of amides is 1. The van der Waals surface area contributed by atoms with Crippen molar-refractivity contribution in [1.29, 1.82) is 0 Å². The van der Waals surface area contributed by atoms with E-state index in [9.17, 15) is 4.79 Å². The summed E-state index contributed by atoms with van der Waals surface area (Å²) in [7, 11) is 0. The minimum atomic E-state index is -0.521. The topological polar surface area (TPSA) is 82.0 Å². The van der Waals surface area contributed by atoms with Gasteiger partial charge in [-0.3, -0.25) is 4.79 Å². The summed E-state index contributed by atoms with van der Waals surface area (Å²) in [6.45, 7) is 0. The Labute approximate surface area is 91.0 Å². The van der Waals surface area contributed by atoms with Crippen LogP contribution in [-0.4, -0.2) is 10.9 Å². The molecule has 12 heavy (non-hydrogen) atoms. The summed E-state index contributed by atoms with van der Waals surface area (Å²) in [5.41, 5.74) is 10.9. The Kier molecular flexibility index (Phi) is 2.89. The minimum Gasteiger partial charge on any atom is -0.383 e. The molecule has 64 valence electrons. The van der Waals surface area contributed by atoms with E-state index in [2.05, 4.69) is 20.9 Å². The molecule has 0 aliphatic carbocycles. The van der Waals surface area contributed by atoms with E-state index in [4.69, 9.17) is 11.5 Å². The van der Waals surface area contributed by atoms with Crippen molar-refractivity contribution in [3.05, 3.63) is 19.8 Å². The predicted molar refractivity (Wildman–Crippen MR) is 57.6 cm³/mol. The highest BCUT2D eigenvalue weighted by Gasteiger charge is 2.11. The highest BCUT2D eigenvalue weighted by molar-refractivity contribution is 14.1. The van der Waals surface area contributed by atoms with Crippen LogP contribution in [0, 0.1) is 3.57 Å². The Morgan fingerprint density at radius 3 is 2.75 bits per heavy atom. The molecule has 6 heteroatoms. The van der Waals surface area contributed by atoms with Gasteiger partial charge < -0.3 is 11.5 Å². The van der Waals surface area contributed by atoms with Crippen LogP contribution in [-0.2, 0) is 0 Å². The highest BCUT2D eigenvalue weighted by Crippen LogP contribution is 2.25. The fourth-order valence-corrected chi connectivity index (χ4v) is 1.58. The summed E-state index contributed by atoms with van der Waals surface area (Å²) in [5, 5.41) is 0. The molecule has 0 saturated carbocycles. The van der Waals surface area contributed by atoms with Crippen LogP contribution in [0.4, 0.5) is 5.82 Å². The van der Waals surface area contributed by atoms with E-state index in [-0.39, 0.29) is 0 Å². The first-order valence-corrected chi connectivity index (χ1v) is 4.80. The van der Waals surface area contributed by atoms with Gasteiger partial charge in [-0.25, -0.2) is 4.98 Å². The number of anilines is 1. The van der Waals surface area contributed by atoms with E-state index >= 15 is 0 Å². The van der Waals surface area contributed by atoms with Crippen molar-refractivity contribution < 1.29 is 4.79 Å². The molecule has 0 unspecified atom stereocenters. The molecule has 0 fully saturated rings. The largest absolute Gasteiger partial charge is 0.383 e. The Balaban J connectivity index is 3.36. The lowest BCUT2D eigenvalue weighted by Crippen LogP contribution is -2.13.